The number of nitrogens with one attached hydrogen (secondary N) is 1. The lowest BCUT2D eigenvalue weighted by molar-refractivity contribution is -0.116. The number of hydrogen-bond acceptors (Lipinski definition) is 5. The van der Waals surface area contributed by atoms with Gasteiger partial charge in [0.1, 0.15) is 12.4 Å². The Labute approximate surface area is 160 Å². The molecule has 1 amide bonds. The minimum atomic E-state index is -4.67. The zero-order chi connectivity index (χ0) is 20.3. The van der Waals surface area contributed by atoms with E-state index in [1.807, 2.05) is 30.3 Å². The summed E-state index contributed by atoms with van der Waals surface area (Å²) in [5.41, 5.74) is 1.08. The second-order valence-corrected chi connectivity index (χ2v) is 7.80. The highest BCUT2D eigenvalue weighted by atomic mass is 32.2. The number of carbonyl (C=O) groups excluding carboxylic acids is 1. The van der Waals surface area contributed by atoms with Gasteiger partial charge in [-0.1, -0.05) is 30.3 Å². The van der Waals surface area contributed by atoms with Crippen LogP contribution in [0.2, 0.25) is 0 Å². The van der Waals surface area contributed by atoms with Gasteiger partial charge in [-0.2, -0.15) is 13.9 Å². The molecule has 0 bridgehead atoms. The van der Waals surface area contributed by atoms with Crippen LogP contribution in [0, 0.1) is 6.92 Å². The Bertz CT molecular complexity index is 1080. The van der Waals surface area contributed by atoms with Crippen molar-refractivity contribution in [3.8, 4) is 11.4 Å². The van der Waals surface area contributed by atoms with Gasteiger partial charge in [0.15, 0.2) is 5.82 Å². The van der Waals surface area contributed by atoms with E-state index in [4.69, 9.17) is 0 Å². The number of halogens is 2. The maximum absolute atomic E-state index is 12.6. The van der Waals surface area contributed by atoms with Crippen molar-refractivity contribution in [3.63, 3.8) is 0 Å². The van der Waals surface area contributed by atoms with Crippen LogP contribution in [-0.4, -0.2) is 34.8 Å². The van der Waals surface area contributed by atoms with E-state index in [0.717, 1.165) is 17.7 Å². The van der Waals surface area contributed by atoms with E-state index in [1.165, 1.54) is 16.8 Å². The summed E-state index contributed by atoms with van der Waals surface area (Å²) in [6.07, 6.45) is 0. The van der Waals surface area contributed by atoms with Crippen LogP contribution in [0.25, 0.3) is 11.4 Å². The minimum absolute atomic E-state index is 0.123. The summed E-state index contributed by atoms with van der Waals surface area (Å²) >= 11 is 0. The monoisotopic (exact) mass is 406 g/mol. The van der Waals surface area contributed by atoms with Crippen LogP contribution >= 0.6 is 0 Å². The maximum Gasteiger partial charge on any atom is 0.341 e. The lowest BCUT2D eigenvalue weighted by Crippen LogP contribution is -2.20. The molecule has 3 rings (SSSR count). The Morgan fingerprint density at radius 1 is 1.11 bits per heavy atom. The SMILES string of the molecule is Cc1nc(-c2ccccc2)n(CC(=O)Nc2ccc(S(=O)(=O)C(F)F)cc2)n1. The zero-order valence-electron chi connectivity index (χ0n) is 14.7. The highest BCUT2D eigenvalue weighted by molar-refractivity contribution is 7.91. The predicted octanol–water partition coefficient (Wildman–Crippen LogP) is 2.89. The van der Waals surface area contributed by atoms with E-state index in [9.17, 15) is 22.0 Å². The van der Waals surface area contributed by atoms with Gasteiger partial charge in [-0.25, -0.2) is 18.1 Å². The topological polar surface area (TPSA) is 94.0 Å². The van der Waals surface area contributed by atoms with Gasteiger partial charge >= 0.3 is 5.76 Å². The fourth-order valence-electron chi connectivity index (χ4n) is 2.53. The molecule has 0 aliphatic rings. The van der Waals surface area contributed by atoms with Crippen LogP contribution in [-0.2, 0) is 21.2 Å². The van der Waals surface area contributed by atoms with E-state index >= 15 is 0 Å². The lowest BCUT2D eigenvalue weighted by Gasteiger charge is -2.09. The van der Waals surface area contributed by atoms with Crippen LogP contribution in [0.5, 0.6) is 0 Å². The largest absolute Gasteiger partial charge is 0.341 e. The first-order chi connectivity index (χ1) is 13.3. The van der Waals surface area contributed by atoms with Gasteiger partial charge < -0.3 is 5.32 Å². The van der Waals surface area contributed by atoms with Crippen molar-refractivity contribution in [3.05, 3.63) is 60.4 Å². The van der Waals surface area contributed by atoms with Gasteiger partial charge in [0.2, 0.25) is 15.7 Å². The second-order valence-electron chi connectivity index (χ2n) is 5.88. The number of benzene rings is 2. The summed E-state index contributed by atoms with van der Waals surface area (Å²) in [4.78, 5) is 16.1. The lowest BCUT2D eigenvalue weighted by atomic mass is 10.2. The van der Waals surface area contributed by atoms with Gasteiger partial charge in [-0.3, -0.25) is 4.79 Å². The molecule has 1 heterocycles. The van der Waals surface area contributed by atoms with Crippen molar-refractivity contribution in [1.82, 2.24) is 14.8 Å². The summed E-state index contributed by atoms with van der Waals surface area (Å²) in [6.45, 7) is 1.59. The summed E-state index contributed by atoms with van der Waals surface area (Å²) in [6, 6.07) is 13.8. The minimum Gasteiger partial charge on any atom is -0.324 e. The number of rotatable bonds is 6. The molecule has 0 aliphatic heterocycles. The quantitative estimate of drug-likeness (QED) is 0.679. The number of aromatic nitrogens is 3. The normalized spacial score (nSPS) is 11.6. The number of alkyl halides is 2. The first-order valence-corrected chi connectivity index (χ1v) is 9.71. The fourth-order valence-corrected chi connectivity index (χ4v) is 3.25. The molecule has 0 saturated heterocycles. The van der Waals surface area contributed by atoms with E-state index in [0.29, 0.717) is 11.6 Å². The Balaban J connectivity index is 1.74. The van der Waals surface area contributed by atoms with Crippen LogP contribution in [0.1, 0.15) is 5.82 Å². The smallest absolute Gasteiger partial charge is 0.324 e. The molecule has 0 fully saturated rings. The van der Waals surface area contributed by atoms with Gasteiger partial charge in [0.25, 0.3) is 0 Å². The van der Waals surface area contributed by atoms with Crippen molar-refractivity contribution in [1.29, 1.82) is 0 Å². The highest BCUT2D eigenvalue weighted by Gasteiger charge is 2.26. The van der Waals surface area contributed by atoms with Gasteiger partial charge in [0.05, 0.1) is 4.90 Å². The molecule has 0 unspecified atom stereocenters. The molecule has 0 atom stereocenters. The number of anilines is 1. The number of nitrogens with zero attached hydrogens (tertiary/aromatic N) is 3. The Morgan fingerprint density at radius 3 is 2.36 bits per heavy atom. The number of hydrogen-bond donors (Lipinski definition) is 1. The average molecular weight is 406 g/mol. The fraction of sp³-hybridized carbons (Fsp3) is 0.167. The average Bonchev–Trinajstić information content (AvgIpc) is 3.02. The van der Waals surface area contributed by atoms with Crippen molar-refractivity contribution in [2.24, 2.45) is 0 Å². The van der Waals surface area contributed by atoms with E-state index in [-0.39, 0.29) is 12.2 Å². The third-order valence-electron chi connectivity index (χ3n) is 3.80. The van der Waals surface area contributed by atoms with E-state index in [1.54, 1.807) is 6.92 Å². The molecule has 2 aromatic carbocycles. The first-order valence-electron chi connectivity index (χ1n) is 8.16. The molecule has 3 aromatic rings. The molecule has 0 spiro atoms. The van der Waals surface area contributed by atoms with Gasteiger partial charge in [0, 0.05) is 11.3 Å². The van der Waals surface area contributed by atoms with Crippen molar-refractivity contribution in [2.75, 3.05) is 5.32 Å². The van der Waals surface area contributed by atoms with Crippen LogP contribution in [0.15, 0.2) is 59.5 Å². The number of amides is 1. The van der Waals surface area contributed by atoms with Crippen LogP contribution < -0.4 is 5.32 Å². The molecule has 1 N–H and O–H groups in total. The summed E-state index contributed by atoms with van der Waals surface area (Å²) in [5, 5.41) is 6.79. The Morgan fingerprint density at radius 2 is 1.75 bits per heavy atom. The van der Waals surface area contributed by atoms with Crippen molar-refractivity contribution < 1.29 is 22.0 Å². The molecular weight excluding hydrogens is 390 g/mol. The maximum atomic E-state index is 12.6. The predicted molar refractivity (Wildman–Crippen MR) is 98.5 cm³/mol. The number of aryl methyl sites for hydroxylation is 1. The molecule has 0 radical (unpaired) electrons. The molecule has 10 heteroatoms. The summed E-state index contributed by atoms with van der Waals surface area (Å²) in [7, 11) is -4.67. The van der Waals surface area contributed by atoms with Crippen LogP contribution in [0.3, 0.4) is 0 Å². The van der Waals surface area contributed by atoms with Gasteiger partial charge in [-0.15, -0.1) is 0 Å². The molecule has 0 aliphatic carbocycles. The molecule has 0 saturated carbocycles. The highest BCUT2D eigenvalue weighted by Crippen LogP contribution is 2.21. The third kappa shape index (κ3) is 4.22. The van der Waals surface area contributed by atoms with Gasteiger partial charge in [-0.05, 0) is 31.2 Å². The third-order valence-corrected chi connectivity index (χ3v) is 5.20. The Hall–Kier alpha value is -3.14. The first kappa shape index (κ1) is 19.6. The van der Waals surface area contributed by atoms with E-state index < -0.39 is 26.4 Å². The number of carbonyl (C=O) groups is 1. The molecular formula is C18H16F2N4O3S. The van der Waals surface area contributed by atoms with E-state index in [2.05, 4.69) is 15.4 Å². The Kier molecular flexibility index (Phi) is 5.50. The molecule has 146 valence electrons. The molecule has 1 aromatic heterocycles. The molecule has 7 nitrogen and oxygen atoms in total. The second kappa shape index (κ2) is 7.85. The summed E-state index contributed by atoms with van der Waals surface area (Å²) in [5.74, 6) is -2.88. The van der Waals surface area contributed by atoms with Crippen molar-refractivity contribution >= 4 is 21.4 Å². The number of sulfone groups is 1. The summed E-state index contributed by atoms with van der Waals surface area (Å²) < 4.78 is 49.4. The molecule has 28 heavy (non-hydrogen) atoms. The standard InChI is InChI=1S/C18H16F2N4O3S/c1-12-21-17(13-5-3-2-4-6-13)24(23-12)11-16(25)22-14-7-9-15(10-8-14)28(26,27)18(19)20/h2-10,18H,11H2,1H3,(H,22,25). The van der Waals surface area contributed by atoms with Crippen LogP contribution in [0.4, 0.5) is 14.5 Å². The zero-order valence-corrected chi connectivity index (χ0v) is 15.5. The van der Waals surface area contributed by atoms with Crippen molar-refractivity contribution in [2.45, 2.75) is 24.1 Å².